The molecule has 0 radical (unpaired) electrons. The molecule has 0 amide bonds. The van der Waals surface area contributed by atoms with Gasteiger partial charge in [-0.1, -0.05) is 69.8 Å². The van der Waals surface area contributed by atoms with Crippen LogP contribution in [-0.2, 0) is 16.6 Å². The Kier molecular flexibility index (Phi) is 14.9. The van der Waals surface area contributed by atoms with Crippen LogP contribution in [0.5, 0.6) is 0 Å². The lowest BCUT2D eigenvalue weighted by Crippen LogP contribution is -2.13. The van der Waals surface area contributed by atoms with Crippen molar-refractivity contribution >= 4 is 18.4 Å². The highest BCUT2D eigenvalue weighted by Crippen LogP contribution is 2.52. The zero-order chi connectivity index (χ0) is 26.1. The smallest absolute Gasteiger partial charge is 0.312 e. The largest absolute Gasteiger partial charge is 0.438 e. The summed E-state index contributed by atoms with van der Waals surface area (Å²) in [5.74, 6) is -0.442. The molecule has 34 heavy (non-hydrogen) atoms. The molecule has 6 heteroatoms. The van der Waals surface area contributed by atoms with E-state index in [1.165, 1.54) is 36.7 Å². The molecule has 0 saturated heterocycles. The van der Waals surface area contributed by atoms with Gasteiger partial charge in [-0.15, -0.1) is 0 Å². The van der Waals surface area contributed by atoms with Crippen molar-refractivity contribution < 1.29 is 13.5 Å². The fraction of sp³-hybridized carbons (Fsp3) is 0.393. The molecule has 0 N–H and O–H groups in total. The molecule has 2 aromatic rings. The SMILES string of the molecule is C=C(C)C1(c2ccccn2)CC1.C=C(OC(=NC)C(F)F)c1ccc(CC)cc1.C=NC.CC. The predicted octanol–water partition coefficient (Wildman–Crippen LogP) is 7.56. The second-order valence-electron chi connectivity index (χ2n) is 7.33. The Morgan fingerprint density at radius 1 is 1.09 bits per heavy atom. The van der Waals surface area contributed by atoms with Crippen LogP contribution in [0.25, 0.3) is 5.76 Å². The summed E-state index contributed by atoms with van der Waals surface area (Å²) in [6.07, 6.45) is 2.50. The molecule has 0 atom stereocenters. The molecule has 1 saturated carbocycles. The highest BCUT2D eigenvalue weighted by molar-refractivity contribution is 5.84. The fourth-order valence-corrected chi connectivity index (χ4v) is 2.97. The maximum Gasteiger partial charge on any atom is 0.312 e. The van der Waals surface area contributed by atoms with Crippen molar-refractivity contribution in [1.29, 1.82) is 0 Å². The number of hydrogen-bond acceptors (Lipinski definition) is 4. The van der Waals surface area contributed by atoms with Gasteiger partial charge in [-0.2, -0.15) is 8.78 Å². The van der Waals surface area contributed by atoms with Crippen LogP contribution < -0.4 is 0 Å². The second kappa shape index (κ2) is 16.5. The van der Waals surface area contributed by atoms with Gasteiger partial charge in [0.2, 0.25) is 0 Å². The van der Waals surface area contributed by atoms with E-state index in [4.69, 9.17) is 4.74 Å². The lowest BCUT2D eigenvalue weighted by Gasteiger charge is -2.13. The van der Waals surface area contributed by atoms with E-state index in [-0.39, 0.29) is 11.2 Å². The fourth-order valence-electron chi connectivity index (χ4n) is 2.97. The van der Waals surface area contributed by atoms with E-state index in [0.29, 0.717) is 5.56 Å². The Labute approximate surface area is 204 Å². The monoisotopic (exact) mass is 471 g/mol. The van der Waals surface area contributed by atoms with Crippen molar-refractivity contribution in [3.63, 3.8) is 0 Å². The zero-order valence-corrected chi connectivity index (χ0v) is 21.4. The lowest BCUT2D eigenvalue weighted by molar-refractivity contribution is 0.196. The average Bonchev–Trinajstić information content (AvgIpc) is 3.67. The van der Waals surface area contributed by atoms with Crippen molar-refractivity contribution in [3.8, 4) is 0 Å². The first kappa shape index (κ1) is 30.9. The van der Waals surface area contributed by atoms with Gasteiger partial charge in [0.05, 0.1) is 5.69 Å². The van der Waals surface area contributed by atoms with Crippen LogP contribution in [0.3, 0.4) is 0 Å². The first-order chi connectivity index (χ1) is 16.2. The number of aliphatic imine (C=N–C) groups is 2. The van der Waals surface area contributed by atoms with Crippen molar-refractivity contribution in [2.24, 2.45) is 9.98 Å². The first-order valence-corrected chi connectivity index (χ1v) is 11.4. The number of aryl methyl sites for hydroxylation is 1. The van der Waals surface area contributed by atoms with E-state index in [9.17, 15) is 8.78 Å². The van der Waals surface area contributed by atoms with Crippen molar-refractivity contribution in [3.05, 3.63) is 84.2 Å². The van der Waals surface area contributed by atoms with E-state index in [2.05, 4.69) is 47.8 Å². The molecule has 1 heterocycles. The molecule has 4 nitrogen and oxygen atoms in total. The summed E-state index contributed by atoms with van der Waals surface area (Å²) < 4.78 is 29.7. The number of hydrogen-bond donors (Lipinski definition) is 0. The molecule has 1 fully saturated rings. The summed E-state index contributed by atoms with van der Waals surface area (Å²) in [5.41, 5.74) is 4.52. The van der Waals surface area contributed by atoms with Gasteiger partial charge in [-0.05, 0) is 50.6 Å². The highest BCUT2D eigenvalue weighted by atomic mass is 19.3. The first-order valence-electron chi connectivity index (χ1n) is 11.4. The molecular formula is C28H39F2N3O. The Balaban J connectivity index is 0.000000557. The van der Waals surface area contributed by atoms with Crippen LogP contribution in [0.4, 0.5) is 8.78 Å². The standard InChI is InChI=1S/C13H15F2NO.C11H13N.C2H5N.C2H6/c1-4-10-5-7-11(8-6-10)9(2)17-13(16-3)12(14)15;1-9(2)11(6-7-11)10-5-3-4-8-12-10;1-3-2;1-2/h5-8,12H,2,4H2,1,3H3;3-5,8H,1,6-7H2,2H3;1H2,2H3;1-2H3. The molecule has 1 aliphatic rings. The van der Waals surface area contributed by atoms with Crippen molar-refractivity contribution in [2.75, 3.05) is 14.1 Å². The van der Waals surface area contributed by atoms with E-state index in [1.54, 1.807) is 19.2 Å². The van der Waals surface area contributed by atoms with Crippen molar-refractivity contribution in [2.45, 2.75) is 58.8 Å². The molecule has 1 aliphatic carbocycles. The van der Waals surface area contributed by atoms with Gasteiger partial charge in [0, 0.05) is 31.3 Å². The second-order valence-corrected chi connectivity index (χ2v) is 7.33. The molecule has 0 spiro atoms. The molecule has 1 aromatic carbocycles. The van der Waals surface area contributed by atoms with E-state index >= 15 is 0 Å². The zero-order valence-electron chi connectivity index (χ0n) is 21.4. The Hall–Kier alpha value is -3.15. The number of nitrogens with zero attached hydrogens (tertiary/aromatic N) is 3. The third-order valence-corrected chi connectivity index (χ3v) is 5.04. The number of alkyl halides is 2. The minimum Gasteiger partial charge on any atom is -0.438 e. The number of benzene rings is 1. The van der Waals surface area contributed by atoms with Gasteiger partial charge < -0.3 is 9.73 Å². The van der Waals surface area contributed by atoms with E-state index in [1.807, 2.05) is 51.2 Å². The molecule has 1 aromatic heterocycles. The maximum absolute atomic E-state index is 12.4. The number of allylic oxidation sites excluding steroid dienone is 1. The third-order valence-electron chi connectivity index (χ3n) is 5.04. The minimum atomic E-state index is -2.73. The normalized spacial score (nSPS) is 13.0. The Morgan fingerprint density at radius 3 is 2.00 bits per heavy atom. The van der Waals surface area contributed by atoms with Gasteiger partial charge in [0.15, 0.2) is 0 Å². The van der Waals surface area contributed by atoms with E-state index in [0.717, 1.165) is 6.42 Å². The van der Waals surface area contributed by atoms with Gasteiger partial charge in [0.25, 0.3) is 5.90 Å². The van der Waals surface area contributed by atoms with Crippen LogP contribution in [0, 0.1) is 0 Å². The number of pyridine rings is 1. The summed E-state index contributed by atoms with van der Waals surface area (Å²) in [4.78, 5) is 11.0. The number of ether oxygens (including phenoxy) is 1. The van der Waals surface area contributed by atoms with Crippen LogP contribution in [-0.4, -0.2) is 38.1 Å². The van der Waals surface area contributed by atoms with Gasteiger partial charge in [0.1, 0.15) is 5.76 Å². The molecule has 186 valence electrons. The minimum absolute atomic E-state index is 0.175. The summed E-state index contributed by atoms with van der Waals surface area (Å²) in [7, 11) is 2.90. The number of aromatic nitrogens is 1. The topological polar surface area (TPSA) is 46.8 Å². The molecule has 3 rings (SSSR count). The average molecular weight is 472 g/mol. The van der Waals surface area contributed by atoms with Crippen LogP contribution in [0.1, 0.15) is 57.4 Å². The van der Waals surface area contributed by atoms with Gasteiger partial charge in [-0.3, -0.25) is 9.98 Å². The van der Waals surface area contributed by atoms with E-state index < -0.39 is 12.3 Å². The highest BCUT2D eigenvalue weighted by Gasteiger charge is 2.45. The van der Waals surface area contributed by atoms with Crippen LogP contribution in [0.15, 0.2) is 77.4 Å². The predicted molar refractivity (Wildman–Crippen MR) is 142 cm³/mol. The van der Waals surface area contributed by atoms with Crippen LogP contribution in [0.2, 0.25) is 0 Å². The third kappa shape index (κ3) is 9.77. The molecule has 0 bridgehead atoms. The summed E-state index contributed by atoms with van der Waals surface area (Å²) in [6.45, 7) is 18.9. The Morgan fingerprint density at radius 2 is 1.65 bits per heavy atom. The van der Waals surface area contributed by atoms with Gasteiger partial charge >= 0.3 is 6.43 Å². The van der Waals surface area contributed by atoms with Crippen LogP contribution >= 0.6 is 0 Å². The van der Waals surface area contributed by atoms with Crippen molar-refractivity contribution in [1.82, 2.24) is 4.98 Å². The summed E-state index contributed by atoms with van der Waals surface area (Å²) in [6, 6.07) is 13.5. The summed E-state index contributed by atoms with van der Waals surface area (Å²) in [5, 5.41) is 0. The lowest BCUT2D eigenvalue weighted by atomic mass is 9.94. The molecule has 0 aliphatic heterocycles. The maximum atomic E-state index is 12.4. The molecule has 0 unspecified atom stereocenters. The molecular weight excluding hydrogens is 432 g/mol. The quantitative estimate of drug-likeness (QED) is 0.189. The Bertz CT molecular complexity index is 903. The van der Waals surface area contributed by atoms with Gasteiger partial charge in [-0.25, -0.2) is 0 Å². The number of halogens is 2. The summed E-state index contributed by atoms with van der Waals surface area (Å²) >= 11 is 0. The number of rotatable bonds is 6.